The van der Waals surface area contributed by atoms with E-state index in [4.69, 9.17) is 4.98 Å². The Balaban J connectivity index is 1.56. The fraction of sp³-hybridized carbons (Fsp3) is 0.321. The molecular formula is C28H31N5O. The van der Waals surface area contributed by atoms with Crippen LogP contribution in [-0.4, -0.2) is 57.8 Å². The van der Waals surface area contributed by atoms with Crippen molar-refractivity contribution in [1.29, 1.82) is 0 Å². The van der Waals surface area contributed by atoms with Crippen molar-refractivity contribution in [2.75, 3.05) is 27.2 Å². The molecule has 0 unspecified atom stereocenters. The molecule has 6 heteroatoms. The lowest BCUT2D eigenvalue weighted by Gasteiger charge is -2.29. The molecule has 0 aliphatic carbocycles. The predicted octanol–water partition coefficient (Wildman–Crippen LogP) is 4.99. The molecule has 0 spiro atoms. The van der Waals surface area contributed by atoms with Crippen molar-refractivity contribution < 1.29 is 4.79 Å². The van der Waals surface area contributed by atoms with E-state index in [-0.39, 0.29) is 5.91 Å². The van der Waals surface area contributed by atoms with Crippen molar-refractivity contribution in [2.24, 2.45) is 0 Å². The summed E-state index contributed by atoms with van der Waals surface area (Å²) in [7, 11) is 3.54. The topological polar surface area (TPSA) is 65.1 Å². The number of likely N-dealkylation sites (N-methyl/N-ethyl adjacent to an activating group) is 1. The molecule has 0 saturated heterocycles. The smallest absolute Gasteiger partial charge is 0.253 e. The van der Waals surface area contributed by atoms with Crippen molar-refractivity contribution in [1.82, 2.24) is 24.8 Å². The minimum atomic E-state index is 0.00877. The molecule has 0 saturated carbocycles. The summed E-state index contributed by atoms with van der Waals surface area (Å²) in [6, 6.07) is 10.5. The third-order valence-electron chi connectivity index (χ3n) is 6.94. The average molecular weight is 454 g/mol. The molecule has 2 aromatic heterocycles. The van der Waals surface area contributed by atoms with Crippen LogP contribution in [0.1, 0.15) is 39.5 Å². The SMILES string of the molecule is CCN1CCc2c(C)cc(-c3cnc4[nH]cc(-c5ccc(C(=O)N(C)C)c(C)c5)c4n3)cc2C1. The maximum atomic E-state index is 12.4. The molecule has 1 aliphatic heterocycles. The van der Waals surface area contributed by atoms with Crippen LogP contribution in [-0.2, 0) is 13.0 Å². The van der Waals surface area contributed by atoms with Gasteiger partial charge in [0.25, 0.3) is 5.91 Å². The maximum Gasteiger partial charge on any atom is 0.253 e. The normalized spacial score (nSPS) is 13.8. The molecule has 5 rings (SSSR count). The summed E-state index contributed by atoms with van der Waals surface area (Å²) in [6.07, 6.45) is 4.91. The second kappa shape index (κ2) is 8.69. The van der Waals surface area contributed by atoms with Gasteiger partial charge in [-0.3, -0.25) is 9.69 Å². The first kappa shape index (κ1) is 22.3. The fourth-order valence-electron chi connectivity index (χ4n) is 4.96. The highest BCUT2D eigenvalue weighted by atomic mass is 16.2. The number of fused-ring (bicyclic) bond motifs is 2. The zero-order chi connectivity index (χ0) is 24.0. The van der Waals surface area contributed by atoms with Gasteiger partial charge in [0.15, 0.2) is 5.65 Å². The number of nitrogens with zero attached hydrogens (tertiary/aromatic N) is 4. The minimum Gasteiger partial charge on any atom is -0.345 e. The average Bonchev–Trinajstić information content (AvgIpc) is 3.26. The van der Waals surface area contributed by atoms with E-state index in [0.717, 1.165) is 65.2 Å². The monoisotopic (exact) mass is 453 g/mol. The Bertz CT molecular complexity index is 1400. The third-order valence-corrected chi connectivity index (χ3v) is 6.94. The molecule has 0 fully saturated rings. The molecule has 0 bridgehead atoms. The molecule has 1 N–H and O–H groups in total. The standard InChI is InChI=1S/C28H31N5O/c1-6-33-10-9-22-17(2)12-20(13-21(22)16-33)25-15-30-27-26(31-25)24(14-29-27)19-7-8-23(18(3)11-19)28(34)32(4)5/h7-8,11-15H,6,9-10,16H2,1-5H3,(H,29,30). The summed E-state index contributed by atoms with van der Waals surface area (Å²) in [4.78, 5) is 29.5. The molecule has 34 heavy (non-hydrogen) atoms. The van der Waals surface area contributed by atoms with Crippen molar-refractivity contribution in [3.05, 3.63) is 70.5 Å². The Morgan fingerprint density at radius 3 is 2.65 bits per heavy atom. The molecule has 2 aromatic carbocycles. The fourth-order valence-corrected chi connectivity index (χ4v) is 4.96. The number of hydrogen-bond acceptors (Lipinski definition) is 4. The van der Waals surface area contributed by atoms with E-state index in [9.17, 15) is 4.79 Å². The second-order valence-electron chi connectivity index (χ2n) is 9.43. The first-order valence-electron chi connectivity index (χ1n) is 11.9. The Labute approximate surface area is 200 Å². The van der Waals surface area contributed by atoms with Gasteiger partial charge in [-0.25, -0.2) is 9.97 Å². The van der Waals surface area contributed by atoms with Crippen molar-refractivity contribution in [2.45, 2.75) is 33.7 Å². The van der Waals surface area contributed by atoms with Gasteiger partial charge >= 0.3 is 0 Å². The van der Waals surface area contributed by atoms with E-state index in [1.807, 2.05) is 31.5 Å². The molecule has 1 aliphatic rings. The highest BCUT2D eigenvalue weighted by Gasteiger charge is 2.19. The van der Waals surface area contributed by atoms with Crippen LogP contribution >= 0.6 is 0 Å². The van der Waals surface area contributed by atoms with Crippen molar-refractivity contribution >= 4 is 17.1 Å². The van der Waals surface area contributed by atoms with E-state index in [1.54, 1.807) is 19.0 Å². The number of carbonyl (C=O) groups excluding carboxylic acids is 1. The molecule has 0 radical (unpaired) electrons. The van der Waals surface area contributed by atoms with Crippen LogP contribution in [0.15, 0.2) is 42.7 Å². The van der Waals surface area contributed by atoms with Gasteiger partial charge in [-0.05, 0) is 72.8 Å². The van der Waals surface area contributed by atoms with Gasteiger partial charge < -0.3 is 9.88 Å². The summed E-state index contributed by atoms with van der Waals surface area (Å²) in [6.45, 7) is 9.58. The van der Waals surface area contributed by atoms with Crippen LogP contribution in [0.5, 0.6) is 0 Å². The number of aryl methyl sites for hydroxylation is 2. The van der Waals surface area contributed by atoms with Crippen LogP contribution in [0, 0.1) is 13.8 Å². The van der Waals surface area contributed by atoms with Gasteiger partial charge in [-0.2, -0.15) is 0 Å². The Kier molecular flexibility index (Phi) is 5.70. The maximum absolute atomic E-state index is 12.4. The number of benzene rings is 2. The van der Waals surface area contributed by atoms with E-state index in [2.05, 4.69) is 46.9 Å². The van der Waals surface area contributed by atoms with Crippen LogP contribution in [0.3, 0.4) is 0 Å². The third kappa shape index (κ3) is 3.88. The minimum absolute atomic E-state index is 0.00877. The van der Waals surface area contributed by atoms with E-state index >= 15 is 0 Å². The summed E-state index contributed by atoms with van der Waals surface area (Å²) < 4.78 is 0. The summed E-state index contributed by atoms with van der Waals surface area (Å²) in [5.41, 5.74) is 11.5. The zero-order valence-electron chi connectivity index (χ0n) is 20.6. The van der Waals surface area contributed by atoms with E-state index < -0.39 is 0 Å². The number of hydrogen-bond donors (Lipinski definition) is 1. The lowest BCUT2D eigenvalue weighted by molar-refractivity contribution is 0.0827. The van der Waals surface area contributed by atoms with Gasteiger partial charge in [0.05, 0.1) is 11.9 Å². The number of H-pyrrole nitrogens is 1. The lowest BCUT2D eigenvalue weighted by atomic mass is 9.92. The Morgan fingerprint density at radius 2 is 1.91 bits per heavy atom. The van der Waals surface area contributed by atoms with Crippen molar-refractivity contribution in [3.8, 4) is 22.4 Å². The van der Waals surface area contributed by atoms with Gasteiger partial charge in [0.2, 0.25) is 0 Å². The van der Waals surface area contributed by atoms with Crippen molar-refractivity contribution in [3.63, 3.8) is 0 Å². The number of rotatable bonds is 4. The largest absolute Gasteiger partial charge is 0.345 e. The van der Waals surface area contributed by atoms with E-state index in [0.29, 0.717) is 5.56 Å². The van der Waals surface area contributed by atoms with Crippen LogP contribution in [0.2, 0.25) is 0 Å². The molecule has 3 heterocycles. The molecule has 6 nitrogen and oxygen atoms in total. The zero-order valence-corrected chi connectivity index (χ0v) is 20.6. The predicted molar refractivity (Wildman–Crippen MR) is 137 cm³/mol. The van der Waals surface area contributed by atoms with Crippen LogP contribution in [0.4, 0.5) is 0 Å². The highest BCUT2D eigenvalue weighted by Crippen LogP contribution is 2.32. The number of aromatic nitrogens is 3. The summed E-state index contributed by atoms with van der Waals surface area (Å²) >= 11 is 0. The Hall–Kier alpha value is -3.51. The van der Waals surface area contributed by atoms with Gasteiger partial charge in [0.1, 0.15) is 5.52 Å². The molecule has 4 aromatic rings. The number of nitrogens with one attached hydrogen (secondary N) is 1. The quantitative estimate of drug-likeness (QED) is 0.473. The van der Waals surface area contributed by atoms with E-state index in [1.165, 1.54) is 16.7 Å². The Morgan fingerprint density at radius 1 is 1.12 bits per heavy atom. The second-order valence-corrected chi connectivity index (χ2v) is 9.43. The molecule has 1 amide bonds. The van der Waals surface area contributed by atoms with Gasteiger partial charge in [-0.1, -0.05) is 19.1 Å². The number of amides is 1. The first-order chi connectivity index (χ1) is 16.4. The first-order valence-corrected chi connectivity index (χ1v) is 11.9. The molecule has 174 valence electrons. The highest BCUT2D eigenvalue weighted by molar-refractivity contribution is 5.97. The molecular weight excluding hydrogens is 422 g/mol. The summed E-state index contributed by atoms with van der Waals surface area (Å²) in [5.74, 6) is 0.00877. The van der Waals surface area contributed by atoms with Crippen LogP contribution < -0.4 is 0 Å². The summed E-state index contributed by atoms with van der Waals surface area (Å²) in [5, 5.41) is 0. The molecule has 0 atom stereocenters. The number of carbonyl (C=O) groups is 1. The number of aromatic amines is 1. The van der Waals surface area contributed by atoms with Gasteiger partial charge in [0, 0.05) is 50.1 Å². The van der Waals surface area contributed by atoms with Crippen LogP contribution in [0.25, 0.3) is 33.5 Å². The van der Waals surface area contributed by atoms with Gasteiger partial charge in [-0.15, -0.1) is 0 Å². The lowest BCUT2D eigenvalue weighted by Crippen LogP contribution is -2.30.